The van der Waals surface area contributed by atoms with Crippen LogP contribution in [0.4, 0.5) is 0 Å². The zero-order chi connectivity index (χ0) is 49.0. The maximum atomic E-state index is 2.42. The van der Waals surface area contributed by atoms with Gasteiger partial charge >= 0.3 is 0 Å². The maximum absolute atomic E-state index is 2.42. The summed E-state index contributed by atoms with van der Waals surface area (Å²) in [7, 11) is 0. The fraction of sp³-hybridized carbons (Fsp3) is 0.0278. The van der Waals surface area contributed by atoms with Crippen molar-refractivity contribution in [2.24, 2.45) is 0 Å². The van der Waals surface area contributed by atoms with Gasteiger partial charge in [0.05, 0.1) is 22.1 Å². The molecule has 13 aromatic rings. The van der Waals surface area contributed by atoms with Crippen molar-refractivity contribution in [3.05, 3.63) is 290 Å². The molecule has 14 rings (SSSR count). The minimum absolute atomic E-state index is 1.06. The molecule has 0 saturated heterocycles. The summed E-state index contributed by atoms with van der Waals surface area (Å²) in [6.45, 7) is 0. The molecule has 74 heavy (non-hydrogen) atoms. The first kappa shape index (κ1) is 43.3. The highest BCUT2D eigenvalue weighted by molar-refractivity contribution is 6.13. The van der Waals surface area contributed by atoms with Crippen LogP contribution < -0.4 is 0 Å². The Morgan fingerprint density at radius 2 is 0.635 bits per heavy atom. The van der Waals surface area contributed by atoms with Gasteiger partial charge < -0.3 is 9.13 Å². The van der Waals surface area contributed by atoms with Crippen LogP contribution in [0.15, 0.2) is 279 Å². The van der Waals surface area contributed by atoms with E-state index in [2.05, 4.69) is 288 Å². The van der Waals surface area contributed by atoms with Gasteiger partial charge in [-0.1, -0.05) is 212 Å². The number of rotatable bonds is 9. The Morgan fingerprint density at radius 1 is 0.243 bits per heavy atom. The summed E-state index contributed by atoms with van der Waals surface area (Å²) in [5, 5.41) is 4.98. The SMILES string of the molecule is C1=C(c2cccc(-c3ccc(-c4ccc(-c5cccc(-n6c7ccccc7c7cc(-c8ccc9c(c8)c8ccccc8n9-c8ccc(-c9ccccc9)cc8)ccc76)c5)cc4)cc3)c2)C=C(c2ccccc2)CC1. The highest BCUT2D eigenvalue weighted by Crippen LogP contribution is 2.40. The summed E-state index contributed by atoms with van der Waals surface area (Å²) < 4.78 is 4.82. The number of aromatic nitrogens is 2. The lowest BCUT2D eigenvalue weighted by Crippen LogP contribution is -1.94. The highest BCUT2D eigenvalue weighted by Gasteiger charge is 2.17. The van der Waals surface area contributed by atoms with E-state index in [0.717, 1.165) is 24.2 Å². The van der Waals surface area contributed by atoms with E-state index in [1.165, 1.54) is 122 Å². The third-order valence-corrected chi connectivity index (χ3v) is 15.2. The summed E-state index contributed by atoms with van der Waals surface area (Å²) in [4.78, 5) is 0. The second kappa shape index (κ2) is 18.3. The number of nitrogens with zero attached hydrogens (tertiary/aromatic N) is 2. The fourth-order valence-corrected chi connectivity index (χ4v) is 11.5. The lowest BCUT2D eigenvalue weighted by molar-refractivity contribution is 1.06. The molecule has 0 saturated carbocycles. The van der Waals surface area contributed by atoms with Crippen molar-refractivity contribution in [2.45, 2.75) is 12.8 Å². The van der Waals surface area contributed by atoms with Gasteiger partial charge in [0.1, 0.15) is 0 Å². The van der Waals surface area contributed by atoms with Crippen LogP contribution in [0.3, 0.4) is 0 Å². The van der Waals surface area contributed by atoms with Gasteiger partial charge in [-0.05, 0) is 157 Å². The second-order valence-electron chi connectivity index (χ2n) is 19.6. The maximum Gasteiger partial charge on any atom is 0.0541 e. The van der Waals surface area contributed by atoms with Crippen molar-refractivity contribution in [2.75, 3.05) is 0 Å². The van der Waals surface area contributed by atoms with Gasteiger partial charge in [-0.3, -0.25) is 0 Å². The van der Waals surface area contributed by atoms with Crippen molar-refractivity contribution in [1.82, 2.24) is 9.13 Å². The highest BCUT2D eigenvalue weighted by atomic mass is 15.0. The molecular formula is C72H50N2. The molecule has 1 aliphatic rings. The standard InChI is InChI=1S/C72H50N2/c1-3-14-49(15-4-1)53-36-40-63(41-37-53)73-69-26-9-7-24-65(69)67-47-61(38-42-71(67)73)62-39-43-72-68(48-62)66-25-8-10-27-70(66)74(72)64-23-13-22-60(46-64)55-34-30-52(31-35-55)51-28-32-54(33-29-51)57-19-12-21-59(45-57)58-20-11-18-56(44-58)50-16-5-2-6-17-50/h1-10,12-17,19-48H,11,18H2. The molecule has 2 nitrogen and oxygen atoms in total. The van der Waals surface area contributed by atoms with Gasteiger partial charge in [0.2, 0.25) is 0 Å². The minimum atomic E-state index is 1.06. The Morgan fingerprint density at radius 3 is 1.22 bits per heavy atom. The topological polar surface area (TPSA) is 9.86 Å². The summed E-state index contributed by atoms with van der Waals surface area (Å²) in [5.74, 6) is 0. The van der Waals surface area contributed by atoms with Crippen LogP contribution in [0.1, 0.15) is 24.0 Å². The quantitative estimate of drug-likeness (QED) is 0.136. The second-order valence-corrected chi connectivity index (χ2v) is 19.6. The molecule has 0 fully saturated rings. The molecule has 0 atom stereocenters. The number of hydrogen-bond donors (Lipinski definition) is 0. The lowest BCUT2D eigenvalue weighted by Gasteiger charge is -2.15. The molecule has 0 spiro atoms. The van der Waals surface area contributed by atoms with Gasteiger partial charge in [0.25, 0.3) is 0 Å². The average molecular weight is 943 g/mol. The number of fused-ring (bicyclic) bond motifs is 6. The van der Waals surface area contributed by atoms with Gasteiger partial charge in [-0.25, -0.2) is 0 Å². The smallest absolute Gasteiger partial charge is 0.0541 e. The Balaban J connectivity index is 0.740. The third kappa shape index (κ3) is 7.76. The predicted octanol–water partition coefficient (Wildman–Crippen LogP) is 19.5. The Bertz CT molecular complexity index is 4300. The van der Waals surface area contributed by atoms with Gasteiger partial charge in [0.15, 0.2) is 0 Å². The summed E-state index contributed by atoms with van der Waals surface area (Å²) in [5.41, 5.74) is 24.4. The van der Waals surface area contributed by atoms with E-state index < -0.39 is 0 Å². The molecule has 1 aliphatic carbocycles. The number of hydrogen-bond acceptors (Lipinski definition) is 0. The average Bonchev–Trinajstić information content (AvgIpc) is 4.01. The molecule has 0 radical (unpaired) electrons. The van der Waals surface area contributed by atoms with Crippen LogP contribution in [-0.2, 0) is 0 Å². The molecular weight excluding hydrogens is 893 g/mol. The van der Waals surface area contributed by atoms with Crippen LogP contribution in [-0.4, -0.2) is 9.13 Å². The van der Waals surface area contributed by atoms with Crippen LogP contribution in [0, 0.1) is 0 Å². The summed E-state index contributed by atoms with van der Waals surface area (Å²) in [6.07, 6.45) is 6.89. The molecule has 0 amide bonds. The van der Waals surface area contributed by atoms with Crippen LogP contribution in [0.25, 0.3) is 122 Å². The monoisotopic (exact) mass is 942 g/mol. The Kier molecular flexibility index (Phi) is 10.7. The predicted molar refractivity (Wildman–Crippen MR) is 314 cm³/mol. The molecule has 0 unspecified atom stereocenters. The third-order valence-electron chi connectivity index (χ3n) is 15.2. The normalized spacial score (nSPS) is 12.6. The van der Waals surface area contributed by atoms with Crippen molar-refractivity contribution in [3.63, 3.8) is 0 Å². The van der Waals surface area contributed by atoms with Crippen LogP contribution in [0.2, 0.25) is 0 Å². The summed E-state index contributed by atoms with van der Waals surface area (Å²) >= 11 is 0. The van der Waals surface area contributed by atoms with E-state index in [1.54, 1.807) is 0 Å². The molecule has 348 valence electrons. The molecule has 11 aromatic carbocycles. The van der Waals surface area contributed by atoms with Gasteiger partial charge in [-0.2, -0.15) is 0 Å². The van der Waals surface area contributed by atoms with E-state index >= 15 is 0 Å². The van der Waals surface area contributed by atoms with E-state index in [0.29, 0.717) is 0 Å². The van der Waals surface area contributed by atoms with Crippen molar-refractivity contribution in [3.8, 4) is 67.0 Å². The largest absolute Gasteiger partial charge is 0.309 e. The number of benzene rings is 11. The Hall–Kier alpha value is -9.50. The molecule has 2 aromatic heterocycles. The van der Waals surface area contributed by atoms with E-state index in [1.807, 2.05) is 0 Å². The van der Waals surface area contributed by atoms with E-state index in [9.17, 15) is 0 Å². The molecule has 2 heteroatoms. The first-order valence-corrected chi connectivity index (χ1v) is 25.8. The van der Waals surface area contributed by atoms with E-state index in [4.69, 9.17) is 0 Å². The van der Waals surface area contributed by atoms with E-state index in [-0.39, 0.29) is 0 Å². The van der Waals surface area contributed by atoms with Crippen molar-refractivity contribution < 1.29 is 0 Å². The molecule has 0 aliphatic heterocycles. The van der Waals surface area contributed by atoms with Crippen molar-refractivity contribution >= 4 is 54.8 Å². The fourth-order valence-electron chi connectivity index (χ4n) is 11.5. The summed E-state index contributed by atoms with van der Waals surface area (Å²) in [6, 6.07) is 97.9. The number of para-hydroxylation sites is 2. The Labute approximate surface area is 431 Å². The first-order valence-electron chi connectivity index (χ1n) is 25.8. The van der Waals surface area contributed by atoms with Gasteiger partial charge in [-0.15, -0.1) is 0 Å². The van der Waals surface area contributed by atoms with Crippen LogP contribution in [0.5, 0.6) is 0 Å². The molecule has 2 heterocycles. The van der Waals surface area contributed by atoms with Crippen molar-refractivity contribution in [1.29, 1.82) is 0 Å². The van der Waals surface area contributed by atoms with Crippen LogP contribution >= 0.6 is 0 Å². The molecule has 0 bridgehead atoms. The molecule has 0 N–H and O–H groups in total. The zero-order valence-corrected chi connectivity index (χ0v) is 40.9. The zero-order valence-electron chi connectivity index (χ0n) is 40.9. The minimum Gasteiger partial charge on any atom is -0.309 e. The first-order chi connectivity index (χ1) is 36.7. The lowest BCUT2D eigenvalue weighted by atomic mass is 9.89. The van der Waals surface area contributed by atoms with Gasteiger partial charge in [0, 0.05) is 32.9 Å². The number of allylic oxidation sites excluding steroid dienone is 4.